The number of hydrogen-bond acceptors (Lipinski definition) is 4. The topological polar surface area (TPSA) is 72.3 Å². The Morgan fingerprint density at radius 2 is 2.38 bits per heavy atom. The molecular weight excluding hydrogens is 204 g/mol. The van der Waals surface area contributed by atoms with Gasteiger partial charge in [-0.25, -0.2) is 19.6 Å². The van der Waals surface area contributed by atoms with Gasteiger partial charge in [0.25, 0.3) is 0 Å². The van der Waals surface area contributed by atoms with Gasteiger partial charge >= 0.3 is 0 Å². The SMILES string of the molecule is CC(c1nc2ncccc2[nH]1)n1cncn1. The smallest absolute Gasteiger partial charge is 0.177 e. The molecule has 3 heterocycles. The summed E-state index contributed by atoms with van der Waals surface area (Å²) in [6.07, 6.45) is 4.91. The van der Waals surface area contributed by atoms with Crippen LogP contribution < -0.4 is 0 Å². The second-order valence-corrected chi connectivity index (χ2v) is 3.55. The van der Waals surface area contributed by atoms with Crippen molar-refractivity contribution < 1.29 is 0 Å². The van der Waals surface area contributed by atoms with Crippen molar-refractivity contribution in [3.05, 3.63) is 36.8 Å². The highest BCUT2D eigenvalue weighted by Crippen LogP contribution is 2.16. The van der Waals surface area contributed by atoms with E-state index in [0.717, 1.165) is 17.0 Å². The molecule has 80 valence electrons. The Morgan fingerprint density at radius 3 is 3.12 bits per heavy atom. The first-order valence-corrected chi connectivity index (χ1v) is 4.99. The van der Waals surface area contributed by atoms with Crippen molar-refractivity contribution in [2.45, 2.75) is 13.0 Å². The highest BCUT2D eigenvalue weighted by atomic mass is 15.3. The third-order valence-corrected chi connectivity index (χ3v) is 2.50. The quantitative estimate of drug-likeness (QED) is 0.694. The van der Waals surface area contributed by atoms with Crippen LogP contribution >= 0.6 is 0 Å². The molecule has 0 bridgehead atoms. The number of fused-ring (bicyclic) bond motifs is 1. The van der Waals surface area contributed by atoms with Crippen LogP contribution in [0.5, 0.6) is 0 Å². The van der Waals surface area contributed by atoms with Crippen LogP contribution in [0.2, 0.25) is 0 Å². The lowest BCUT2D eigenvalue weighted by Gasteiger charge is -2.06. The predicted molar refractivity (Wildman–Crippen MR) is 57.7 cm³/mol. The van der Waals surface area contributed by atoms with Crippen LogP contribution in [-0.2, 0) is 0 Å². The van der Waals surface area contributed by atoms with Crippen molar-refractivity contribution in [3.8, 4) is 0 Å². The number of nitrogens with zero attached hydrogens (tertiary/aromatic N) is 5. The molecule has 3 rings (SSSR count). The number of pyridine rings is 1. The number of imidazole rings is 1. The van der Waals surface area contributed by atoms with E-state index in [1.165, 1.54) is 6.33 Å². The summed E-state index contributed by atoms with van der Waals surface area (Å²) in [5.41, 5.74) is 1.66. The fourth-order valence-corrected chi connectivity index (χ4v) is 1.60. The number of hydrogen-bond donors (Lipinski definition) is 1. The maximum atomic E-state index is 4.41. The minimum Gasteiger partial charge on any atom is -0.339 e. The Bertz CT molecular complexity index is 564. The summed E-state index contributed by atoms with van der Waals surface area (Å²) in [7, 11) is 0. The molecule has 1 N–H and O–H groups in total. The molecule has 0 radical (unpaired) electrons. The number of nitrogens with one attached hydrogen (secondary N) is 1. The Morgan fingerprint density at radius 1 is 1.44 bits per heavy atom. The summed E-state index contributed by atoms with van der Waals surface area (Å²) in [6, 6.07) is 3.86. The molecular formula is C10H10N6. The second kappa shape index (κ2) is 3.41. The van der Waals surface area contributed by atoms with E-state index >= 15 is 0 Å². The molecule has 0 aliphatic heterocycles. The molecule has 0 aromatic carbocycles. The maximum Gasteiger partial charge on any atom is 0.177 e. The lowest BCUT2D eigenvalue weighted by atomic mass is 10.3. The van der Waals surface area contributed by atoms with Gasteiger partial charge < -0.3 is 4.98 Å². The first-order chi connectivity index (χ1) is 7.84. The van der Waals surface area contributed by atoms with Crippen LogP contribution in [-0.4, -0.2) is 29.7 Å². The van der Waals surface area contributed by atoms with Crippen molar-refractivity contribution in [1.29, 1.82) is 0 Å². The molecule has 3 aromatic heterocycles. The molecule has 0 saturated carbocycles. The number of rotatable bonds is 2. The van der Waals surface area contributed by atoms with Gasteiger partial charge in [0.05, 0.1) is 5.52 Å². The van der Waals surface area contributed by atoms with Crippen LogP contribution in [0.3, 0.4) is 0 Å². The van der Waals surface area contributed by atoms with Gasteiger partial charge in [0.15, 0.2) is 5.65 Å². The van der Waals surface area contributed by atoms with E-state index in [1.807, 2.05) is 19.1 Å². The van der Waals surface area contributed by atoms with Crippen LogP contribution in [0.4, 0.5) is 0 Å². The van der Waals surface area contributed by atoms with E-state index < -0.39 is 0 Å². The molecule has 0 aliphatic rings. The Hall–Kier alpha value is -2.24. The van der Waals surface area contributed by atoms with E-state index in [4.69, 9.17) is 0 Å². The van der Waals surface area contributed by atoms with Crippen molar-refractivity contribution >= 4 is 11.2 Å². The minimum absolute atomic E-state index is 0.0247. The summed E-state index contributed by atoms with van der Waals surface area (Å²) in [5.74, 6) is 0.833. The third kappa shape index (κ3) is 1.35. The zero-order valence-corrected chi connectivity index (χ0v) is 8.70. The molecule has 0 aliphatic carbocycles. The van der Waals surface area contributed by atoms with Crippen molar-refractivity contribution in [1.82, 2.24) is 29.7 Å². The van der Waals surface area contributed by atoms with E-state index in [1.54, 1.807) is 17.2 Å². The zero-order valence-electron chi connectivity index (χ0n) is 8.70. The summed E-state index contributed by atoms with van der Waals surface area (Å²) < 4.78 is 1.75. The molecule has 0 fully saturated rings. The van der Waals surface area contributed by atoms with Gasteiger partial charge in [0.1, 0.15) is 24.5 Å². The second-order valence-electron chi connectivity index (χ2n) is 3.55. The molecule has 0 spiro atoms. The van der Waals surface area contributed by atoms with E-state index in [2.05, 4.69) is 25.0 Å². The normalized spacial score (nSPS) is 13.1. The van der Waals surface area contributed by atoms with Crippen LogP contribution in [0.15, 0.2) is 31.0 Å². The van der Waals surface area contributed by atoms with Gasteiger partial charge in [-0.05, 0) is 19.1 Å². The summed E-state index contributed by atoms with van der Waals surface area (Å²) >= 11 is 0. The van der Waals surface area contributed by atoms with Crippen LogP contribution in [0.25, 0.3) is 11.2 Å². The highest BCUT2D eigenvalue weighted by Gasteiger charge is 2.13. The van der Waals surface area contributed by atoms with Gasteiger partial charge in [-0.3, -0.25) is 0 Å². The fourth-order valence-electron chi connectivity index (χ4n) is 1.60. The van der Waals surface area contributed by atoms with E-state index in [0.29, 0.717) is 0 Å². The predicted octanol–water partition coefficient (Wildman–Crippen LogP) is 1.16. The lowest BCUT2D eigenvalue weighted by molar-refractivity contribution is 0.540. The van der Waals surface area contributed by atoms with Crippen molar-refractivity contribution in [2.75, 3.05) is 0 Å². The molecule has 6 heteroatoms. The van der Waals surface area contributed by atoms with Crippen molar-refractivity contribution in [2.24, 2.45) is 0 Å². The largest absolute Gasteiger partial charge is 0.339 e. The van der Waals surface area contributed by atoms with Gasteiger partial charge in [-0.2, -0.15) is 5.10 Å². The Labute approximate surface area is 91.4 Å². The number of aromatic nitrogens is 6. The van der Waals surface area contributed by atoms with Gasteiger partial charge in [0.2, 0.25) is 0 Å². The van der Waals surface area contributed by atoms with Gasteiger partial charge in [0, 0.05) is 6.20 Å². The van der Waals surface area contributed by atoms with Gasteiger partial charge in [-0.1, -0.05) is 0 Å². The summed E-state index contributed by atoms with van der Waals surface area (Å²) in [5, 5.41) is 4.09. The number of aromatic amines is 1. The standard InChI is InChI=1S/C10H10N6/c1-7(16-6-11-5-13-16)9-14-8-3-2-4-12-10(8)15-9/h2-7H,1H3,(H,12,14,15). The van der Waals surface area contributed by atoms with E-state index in [-0.39, 0.29) is 6.04 Å². The Kier molecular flexibility index (Phi) is 1.92. The zero-order chi connectivity index (χ0) is 11.0. The van der Waals surface area contributed by atoms with Crippen LogP contribution in [0.1, 0.15) is 18.8 Å². The number of H-pyrrole nitrogens is 1. The molecule has 0 saturated heterocycles. The Balaban J connectivity index is 2.06. The van der Waals surface area contributed by atoms with Gasteiger partial charge in [-0.15, -0.1) is 0 Å². The molecule has 3 aromatic rings. The summed E-state index contributed by atoms with van der Waals surface area (Å²) in [4.78, 5) is 15.7. The highest BCUT2D eigenvalue weighted by molar-refractivity contribution is 5.69. The summed E-state index contributed by atoms with van der Waals surface area (Å²) in [6.45, 7) is 2.01. The molecule has 1 atom stereocenters. The average Bonchev–Trinajstić information content (AvgIpc) is 2.97. The third-order valence-electron chi connectivity index (χ3n) is 2.50. The maximum absolute atomic E-state index is 4.41. The minimum atomic E-state index is 0.0247. The average molecular weight is 214 g/mol. The van der Waals surface area contributed by atoms with E-state index in [9.17, 15) is 0 Å². The first kappa shape index (κ1) is 9.02. The van der Waals surface area contributed by atoms with Crippen LogP contribution in [0, 0.1) is 0 Å². The van der Waals surface area contributed by atoms with Crippen molar-refractivity contribution in [3.63, 3.8) is 0 Å². The monoisotopic (exact) mass is 214 g/mol. The molecule has 0 amide bonds. The fraction of sp³-hybridized carbons (Fsp3) is 0.200. The first-order valence-electron chi connectivity index (χ1n) is 4.99. The molecule has 6 nitrogen and oxygen atoms in total. The molecule has 16 heavy (non-hydrogen) atoms. The molecule has 1 unspecified atom stereocenters. The lowest BCUT2D eigenvalue weighted by Crippen LogP contribution is -2.08.